The van der Waals surface area contributed by atoms with E-state index >= 15 is 0 Å². The van der Waals surface area contributed by atoms with Gasteiger partial charge in [-0.25, -0.2) is 23.2 Å². The number of hydrogen-bond donors (Lipinski definition) is 2. The Morgan fingerprint density at radius 1 is 1.23 bits per heavy atom. The van der Waals surface area contributed by atoms with Gasteiger partial charge >= 0.3 is 18.0 Å². The van der Waals surface area contributed by atoms with Crippen molar-refractivity contribution in [3.63, 3.8) is 0 Å². The fourth-order valence-electron chi connectivity index (χ4n) is 2.59. The van der Waals surface area contributed by atoms with E-state index in [1.165, 1.54) is 4.90 Å². The molecule has 1 aromatic rings. The number of quaternary nitrogens is 1. The van der Waals surface area contributed by atoms with E-state index in [0.717, 1.165) is 12.1 Å². The molecule has 0 bridgehead atoms. The van der Waals surface area contributed by atoms with Gasteiger partial charge in [-0.15, -0.1) is 5.43 Å². The zero-order valence-corrected chi connectivity index (χ0v) is 15.1. The zero-order chi connectivity index (χ0) is 18.5. The Morgan fingerprint density at radius 3 is 2.35 bits per heavy atom. The van der Waals surface area contributed by atoms with Crippen molar-refractivity contribution in [3.05, 3.63) is 29.3 Å². The average molecular weight is 390 g/mol. The second kappa shape index (κ2) is 6.81. The topological polar surface area (TPSA) is 80.2 Å². The Balaban J connectivity index is 0.00000243. The van der Waals surface area contributed by atoms with Gasteiger partial charge in [-0.05, 0) is 39.7 Å². The van der Waals surface area contributed by atoms with Crippen molar-refractivity contribution in [2.45, 2.75) is 45.3 Å². The van der Waals surface area contributed by atoms with Gasteiger partial charge in [0, 0.05) is 12.1 Å². The van der Waals surface area contributed by atoms with E-state index in [1.807, 2.05) is 0 Å². The largest absolute Gasteiger partial charge is 1.00 e. The molecule has 1 aromatic carbocycles. The van der Waals surface area contributed by atoms with Crippen molar-refractivity contribution >= 4 is 23.7 Å². The van der Waals surface area contributed by atoms with E-state index in [0.29, 0.717) is 12.8 Å². The summed E-state index contributed by atoms with van der Waals surface area (Å²) in [6, 6.07) is 0.616. The Kier molecular flexibility index (Phi) is 5.25. The van der Waals surface area contributed by atoms with Crippen molar-refractivity contribution in [3.8, 4) is 0 Å². The highest BCUT2D eigenvalue weighted by Gasteiger charge is 2.50. The Hall–Kier alpha value is -2.26. The summed E-state index contributed by atoms with van der Waals surface area (Å²) in [7, 11) is 0. The summed E-state index contributed by atoms with van der Waals surface area (Å²) < 4.78 is 32.2. The molecule has 4 amide bonds. The van der Waals surface area contributed by atoms with Gasteiger partial charge in [0.2, 0.25) is 0 Å². The van der Waals surface area contributed by atoms with Crippen molar-refractivity contribution in [1.29, 1.82) is 0 Å². The number of carbonyl (C=O) groups excluding carboxylic acids is 3. The first-order chi connectivity index (χ1) is 11.6. The number of rotatable bonds is 2. The first kappa shape index (κ1) is 20.1. The normalized spacial score (nSPS) is 19.6. The molecule has 1 aliphatic carbocycles. The predicted octanol–water partition coefficient (Wildman–Crippen LogP) is -1.46. The van der Waals surface area contributed by atoms with Gasteiger partial charge in [-0.1, -0.05) is 5.01 Å². The van der Waals surface area contributed by atoms with E-state index in [-0.39, 0.29) is 29.7 Å². The van der Waals surface area contributed by atoms with Crippen LogP contribution in [0.4, 0.5) is 24.1 Å². The molecule has 1 fully saturated rings. The number of hydrogen-bond acceptors (Lipinski definition) is 4. The second-order valence-corrected chi connectivity index (χ2v) is 7.02. The van der Waals surface area contributed by atoms with Crippen LogP contribution in [0.25, 0.3) is 0 Å². The summed E-state index contributed by atoms with van der Waals surface area (Å²) in [6.45, 7) is 4.89. The monoisotopic (exact) mass is 389 g/mol. The summed E-state index contributed by atoms with van der Waals surface area (Å²) in [4.78, 5) is 38.4. The number of carbonyl (C=O) groups is 3. The quantitative estimate of drug-likeness (QED) is 0.647. The molecule has 2 aliphatic rings. The maximum Gasteiger partial charge on any atom is 0.454 e. The Bertz CT molecular complexity index is 777. The van der Waals surface area contributed by atoms with Gasteiger partial charge in [-0.3, -0.25) is 4.90 Å². The van der Waals surface area contributed by atoms with Crippen LogP contribution >= 0.6 is 0 Å². The molecule has 7 nitrogen and oxygen atoms in total. The van der Waals surface area contributed by atoms with Crippen molar-refractivity contribution < 1.29 is 45.3 Å². The number of halogens is 3. The number of imide groups is 1. The fourth-order valence-corrected chi connectivity index (χ4v) is 2.59. The number of anilines is 1. The third-order valence-corrected chi connectivity index (χ3v) is 3.74. The zero-order valence-electron chi connectivity index (χ0n) is 14.4. The van der Waals surface area contributed by atoms with Gasteiger partial charge in [0.05, 0.1) is 5.69 Å². The van der Waals surface area contributed by atoms with Gasteiger partial charge in [-0.2, -0.15) is 0 Å². The highest BCUT2D eigenvalue weighted by Crippen LogP contribution is 2.35. The summed E-state index contributed by atoms with van der Waals surface area (Å²) >= 11 is 0. The summed E-state index contributed by atoms with van der Waals surface area (Å²) in [5.41, 5.74) is 1.19. The Morgan fingerprint density at radius 2 is 1.81 bits per heavy atom. The lowest BCUT2D eigenvalue weighted by Crippen LogP contribution is -3.25. The smallest absolute Gasteiger partial charge is 0.454 e. The van der Waals surface area contributed by atoms with Crippen LogP contribution in [0.3, 0.4) is 0 Å². The number of nitrogens with zero attached hydrogens (tertiary/aromatic N) is 1. The number of ether oxygens (including phenoxy) is 1. The highest BCUT2D eigenvalue weighted by atomic mass is 35.5. The van der Waals surface area contributed by atoms with E-state index in [2.05, 4.69) is 5.43 Å². The molecule has 2 N–H and O–H groups in total. The van der Waals surface area contributed by atoms with Crippen LogP contribution in [0, 0.1) is 11.6 Å². The molecule has 1 atom stereocenters. The van der Waals surface area contributed by atoms with E-state index in [1.54, 1.807) is 20.8 Å². The highest BCUT2D eigenvalue weighted by molar-refractivity contribution is 6.08. The minimum atomic E-state index is -1.20. The Labute approximate surface area is 154 Å². The van der Waals surface area contributed by atoms with E-state index < -0.39 is 40.3 Å². The molecule has 1 unspecified atom stereocenters. The van der Waals surface area contributed by atoms with Crippen LogP contribution in [0.2, 0.25) is 0 Å². The average Bonchev–Trinajstić information content (AvgIpc) is 3.29. The SMILES string of the molecule is CC(C)(C)OC(=O)N[NH+]1C(=O)c2cc(F)c(F)cc2N(C2CC2)C1=O.[Cl-]. The summed E-state index contributed by atoms with van der Waals surface area (Å²) in [5.74, 6) is -3.22. The number of amides is 4. The molecule has 142 valence electrons. The van der Waals surface area contributed by atoms with Crippen molar-refractivity contribution in [2.75, 3.05) is 4.90 Å². The molecule has 0 spiro atoms. The molecule has 0 radical (unpaired) electrons. The standard InChI is InChI=1S/C16H17F2N3O4.ClH/c1-16(2,3)25-14(23)19-21-13(22)9-6-10(17)11(18)7-12(9)20(15(21)24)8-4-5-8;/h6-8H,4-5H2,1-3H3,(H,19,23);1H. The third kappa shape index (κ3) is 3.78. The lowest BCUT2D eigenvalue weighted by atomic mass is 10.1. The van der Waals surface area contributed by atoms with Crippen molar-refractivity contribution in [1.82, 2.24) is 5.43 Å². The molecule has 26 heavy (non-hydrogen) atoms. The van der Waals surface area contributed by atoms with Gasteiger partial charge in [0.15, 0.2) is 11.6 Å². The van der Waals surface area contributed by atoms with Gasteiger partial charge in [0.1, 0.15) is 11.2 Å². The molecular formula is C16H18ClF2N3O4. The van der Waals surface area contributed by atoms with E-state index in [4.69, 9.17) is 4.74 Å². The van der Waals surface area contributed by atoms with Crippen molar-refractivity contribution in [2.24, 2.45) is 0 Å². The molecule has 1 heterocycles. The molecule has 3 rings (SSSR count). The maximum absolute atomic E-state index is 13.6. The first-order valence-electron chi connectivity index (χ1n) is 7.83. The van der Waals surface area contributed by atoms with Crippen LogP contribution in [-0.4, -0.2) is 29.7 Å². The number of fused-ring (bicyclic) bond motifs is 1. The minimum absolute atomic E-state index is 0. The minimum Gasteiger partial charge on any atom is -1.00 e. The molecule has 0 aromatic heterocycles. The first-order valence-corrected chi connectivity index (χ1v) is 7.83. The lowest BCUT2D eigenvalue weighted by Gasteiger charge is -2.31. The van der Waals surface area contributed by atoms with Crippen LogP contribution in [0.15, 0.2) is 12.1 Å². The molecule has 0 saturated heterocycles. The number of benzene rings is 1. The summed E-state index contributed by atoms with van der Waals surface area (Å²) in [5, 5.41) is -0.528. The van der Waals surface area contributed by atoms with Crippen LogP contribution < -0.4 is 27.7 Å². The fraction of sp³-hybridized carbons (Fsp3) is 0.438. The maximum atomic E-state index is 13.6. The summed E-state index contributed by atoms with van der Waals surface area (Å²) in [6.07, 6.45) is 0.391. The molecule has 10 heteroatoms. The lowest BCUT2D eigenvalue weighted by molar-refractivity contribution is -0.766. The van der Waals surface area contributed by atoms with Gasteiger partial charge in [0.25, 0.3) is 0 Å². The second-order valence-electron chi connectivity index (χ2n) is 7.02. The molecule has 1 aliphatic heterocycles. The number of nitrogens with one attached hydrogen (secondary N) is 2. The molecule has 1 saturated carbocycles. The van der Waals surface area contributed by atoms with Crippen LogP contribution in [0.1, 0.15) is 44.0 Å². The van der Waals surface area contributed by atoms with Gasteiger partial charge < -0.3 is 17.1 Å². The van der Waals surface area contributed by atoms with Crippen LogP contribution in [0.5, 0.6) is 0 Å². The van der Waals surface area contributed by atoms with E-state index in [9.17, 15) is 23.2 Å². The third-order valence-electron chi connectivity index (χ3n) is 3.74. The number of urea groups is 1. The predicted molar refractivity (Wildman–Crippen MR) is 81.9 cm³/mol. The van der Waals surface area contributed by atoms with Crippen LogP contribution in [-0.2, 0) is 4.74 Å². The molecular weight excluding hydrogens is 372 g/mol.